The number of alkyl halides is 3. The van der Waals surface area contributed by atoms with Gasteiger partial charge in [-0.2, -0.15) is 13.2 Å². The summed E-state index contributed by atoms with van der Waals surface area (Å²) in [6, 6.07) is 6.97. The minimum absolute atomic E-state index is 0.0278. The van der Waals surface area contributed by atoms with Crippen molar-refractivity contribution >= 4 is 28.7 Å². The van der Waals surface area contributed by atoms with Crippen LogP contribution in [0.15, 0.2) is 42.6 Å². The summed E-state index contributed by atoms with van der Waals surface area (Å²) in [7, 11) is 0.817. The second kappa shape index (κ2) is 18.7. The number of carbonyl (C=O) groups excluding carboxylic acids is 1. The van der Waals surface area contributed by atoms with Gasteiger partial charge in [0.2, 0.25) is 0 Å². The van der Waals surface area contributed by atoms with E-state index in [9.17, 15) is 26.6 Å². The summed E-state index contributed by atoms with van der Waals surface area (Å²) in [5.74, 6) is -0.875. The number of hydrogen-bond acceptors (Lipinski definition) is 4. The predicted octanol–water partition coefficient (Wildman–Crippen LogP) is 6.22. The fraction of sp³-hybridized carbons (Fsp3) is 0.455. The molecule has 1 unspecified atom stereocenters. The lowest BCUT2D eigenvalue weighted by Crippen LogP contribution is -2.19. The van der Waals surface area contributed by atoms with Crippen molar-refractivity contribution in [2.45, 2.75) is 52.0 Å². The molecule has 184 valence electrons. The predicted molar refractivity (Wildman–Crippen MR) is 126 cm³/mol. The molecular formula is C22H33ClF4N2O2S. The Labute approximate surface area is 196 Å². The quantitative estimate of drug-likeness (QED) is 0.372. The Morgan fingerprint density at radius 2 is 1.59 bits per heavy atom. The van der Waals surface area contributed by atoms with Crippen LogP contribution in [-0.2, 0) is 21.8 Å². The molecule has 2 N–H and O–H groups in total. The molecule has 2 aromatic rings. The second-order valence-corrected chi connectivity index (χ2v) is 9.34. The maximum absolute atomic E-state index is 12.2. The van der Waals surface area contributed by atoms with Crippen LogP contribution in [0.3, 0.4) is 0 Å². The van der Waals surface area contributed by atoms with Gasteiger partial charge in [0.05, 0.1) is 10.6 Å². The summed E-state index contributed by atoms with van der Waals surface area (Å²) in [5.41, 5.74) is 4.53. The third-order valence-corrected chi connectivity index (χ3v) is 5.00. The molecule has 0 fully saturated rings. The lowest BCUT2D eigenvalue weighted by atomic mass is 10.2. The molecule has 1 aromatic heterocycles. The number of aromatic nitrogens is 1. The summed E-state index contributed by atoms with van der Waals surface area (Å²) in [6.45, 7) is 9.62. The van der Waals surface area contributed by atoms with E-state index in [-0.39, 0.29) is 4.75 Å². The summed E-state index contributed by atoms with van der Waals surface area (Å²) in [6.07, 6.45) is 0.416. The van der Waals surface area contributed by atoms with Gasteiger partial charge < -0.3 is 10.5 Å². The molecule has 10 heteroatoms. The average molecular weight is 501 g/mol. The molecule has 1 aromatic carbocycles. The number of nitrogens with zero attached hydrogens (tertiary/aromatic N) is 1. The number of pyridine rings is 1. The van der Waals surface area contributed by atoms with Crippen molar-refractivity contribution in [3.8, 4) is 0 Å². The zero-order valence-corrected chi connectivity index (χ0v) is 21.0. The first-order valence-corrected chi connectivity index (χ1v) is 11.3. The number of benzene rings is 1. The molecule has 0 spiro atoms. The Morgan fingerprint density at radius 1 is 1.12 bits per heavy atom. The minimum Gasteiger partial charge on any atom is -0.333 e. The van der Waals surface area contributed by atoms with E-state index in [2.05, 4.69) is 10.7 Å². The molecule has 0 radical (unpaired) electrons. The standard InChI is InChI=1S/C7H4F4.C6H6ClN.C5H12OS.C3H6O.CH5N/c8-6-3-1-2-5(4-6)7(9,10)11;1-5-2-3-6(7)4-8-5;1-5(2,3)7(4)6;1-2-3-4;1-2/h1-4H;2-4H,1H3;1-4H3;3H,2H2,1H3;2H2,1H3. The Hall–Kier alpha value is -1.84. The van der Waals surface area contributed by atoms with Crippen LogP contribution in [0.2, 0.25) is 5.02 Å². The zero-order chi connectivity index (χ0) is 26.0. The highest BCUT2D eigenvalue weighted by molar-refractivity contribution is 7.85. The third-order valence-electron chi connectivity index (χ3n) is 3.06. The molecule has 0 saturated carbocycles. The van der Waals surface area contributed by atoms with Gasteiger partial charge in [0.1, 0.15) is 12.1 Å². The van der Waals surface area contributed by atoms with Gasteiger partial charge in [0.25, 0.3) is 0 Å². The van der Waals surface area contributed by atoms with E-state index < -0.39 is 28.4 Å². The van der Waals surface area contributed by atoms with E-state index in [1.54, 1.807) is 12.5 Å². The Balaban J connectivity index is -0.000000359. The first-order chi connectivity index (χ1) is 14.6. The molecule has 0 aliphatic heterocycles. The zero-order valence-electron chi connectivity index (χ0n) is 19.5. The lowest BCUT2D eigenvalue weighted by Gasteiger charge is -2.12. The van der Waals surface area contributed by atoms with Crippen LogP contribution in [0.5, 0.6) is 0 Å². The summed E-state index contributed by atoms with van der Waals surface area (Å²) < 4.78 is 58.1. The van der Waals surface area contributed by atoms with Gasteiger partial charge in [-0.1, -0.05) is 24.6 Å². The monoisotopic (exact) mass is 500 g/mol. The van der Waals surface area contributed by atoms with Crippen molar-refractivity contribution in [1.29, 1.82) is 0 Å². The minimum atomic E-state index is -4.46. The van der Waals surface area contributed by atoms with Crippen molar-refractivity contribution in [3.05, 3.63) is 64.7 Å². The molecule has 4 nitrogen and oxygen atoms in total. The second-order valence-electron chi connectivity index (χ2n) is 6.77. The van der Waals surface area contributed by atoms with Gasteiger partial charge in [-0.05, 0) is 65.1 Å². The van der Waals surface area contributed by atoms with Crippen LogP contribution in [0.4, 0.5) is 17.6 Å². The molecule has 32 heavy (non-hydrogen) atoms. The SMILES string of the molecule is CCC=O.CN.CS(=O)C(C)(C)C.Cc1ccc(Cl)cn1.Fc1cccc(C(F)(F)F)c1. The molecular weight excluding hydrogens is 468 g/mol. The molecule has 2 rings (SSSR count). The van der Waals surface area contributed by atoms with E-state index in [4.69, 9.17) is 11.6 Å². The number of aryl methyl sites for hydroxylation is 1. The normalized spacial score (nSPS) is 10.9. The van der Waals surface area contributed by atoms with Crippen LogP contribution in [0, 0.1) is 12.7 Å². The first-order valence-electron chi connectivity index (χ1n) is 9.40. The van der Waals surface area contributed by atoms with E-state index in [1.807, 2.05) is 46.8 Å². The molecule has 0 aliphatic rings. The van der Waals surface area contributed by atoms with Crippen molar-refractivity contribution < 1.29 is 26.6 Å². The van der Waals surface area contributed by atoms with E-state index in [0.717, 1.165) is 30.2 Å². The van der Waals surface area contributed by atoms with Gasteiger partial charge in [0.15, 0.2) is 0 Å². The molecule has 0 amide bonds. The summed E-state index contributed by atoms with van der Waals surface area (Å²) >= 11 is 5.55. The van der Waals surface area contributed by atoms with Gasteiger partial charge >= 0.3 is 6.18 Å². The average Bonchev–Trinajstić information content (AvgIpc) is 2.71. The van der Waals surface area contributed by atoms with Crippen molar-refractivity contribution in [2.24, 2.45) is 5.73 Å². The number of carbonyl (C=O) groups is 1. The highest BCUT2D eigenvalue weighted by Gasteiger charge is 2.30. The van der Waals surface area contributed by atoms with Gasteiger partial charge in [-0.3, -0.25) is 9.19 Å². The fourth-order valence-electron chi connectivity index (χ4n) is 1.11. The summed E-state index contributed by atoms with van der Waals surface area (Å²) in [5, 5.41) is 0.690. The Kier molecular flexibility index (Phi) is 20.3. The number of aldehydes is 1. The molecule has 0 bridgehead atoms. The highest BCUT2D eigenvalue weighted by Crippen LogP contribution is 2.29. The Morgan fingerprint density at radius 3 is 1.81 bits per heavy atom. The summed E-state index contributed by atoms with van der Waals surface area (Å²) in [4.78, 5) is 13.1. The van der Waals surface area contributed by atoms with Crippen LogP contribution in [0.1, 0.15) is 45.4 Å². The number of rotatable bonds is 1. The fourth-order valence-corrected chi connectivity index (χ4v) is 1.23. The first kappa shape index (κ1) is 34.8. The maximum Gasteiger partial charge on any atom is 0.416 e. The molecule has 1 atom stereocenters. The third kappa shape index (κ3) is 21.4. The van der Waals surface area contributed by atoms with Crippen molar-refractivity contribution in [2.75, 3.05) is 13.3 Å². The topological polar surface area (TPSA) is 73.1 Å². The largest absolute Gasteiger partial charge is 0.416 e. The molecule has 0 saturated heterocycles. The molecule has 0 aliphatic carbocycles. The van der Waals surface area contributed by atoms with Crippen LogP contribution in [0.25, 0.3) is 0 Å². The number of nitrogens with two attached hydrogens (primary N) is 1. The van der Waals surface area contributed by atoms with E-state index >= 15 is 0 Å². The molecule has 1 heterocycles. The van der Waals surface area contributed by atoms with Crippen molar-refractivity contribution in [1.82, 2.24) is 4.98 Å². The van der Waals surface area contributed by atoms with E-state index in [1.165, 1.54) is 7.05 Å². The van der Waals surface area contributed by atoms with Crippen LogP contribution >= 0.6 is 11.6 Å². The lowest BCUT2D eigenvalue weighted by molar-refractivity contribution is -0.137. The van der Waals surface area contributed by atoms with Gasteiger partial charge in [-0.15, -0.1) is 0 Å². The Bertz CT molecular complexity index is 745. The van der Waals surface area contributed by atoms with Crippen molar-refractivity contribution in [3.63, 3.8) is 0 Å². The van der Waals surface area contributed by atoms with Gasteiger partial charge in [0, 0.05) is 40.1 Å². The van der Waals surface area contributed by atoms with Gasteiger partial charge in [-0.25, -0.2) is 4.39 Å². The van der Waals surface area contributed by atoms with Crippen LogP contribution in [-0.4, -0.2) is 33.5 Å². The highest BCUT2D eigenvalue weighted by atomic mass is 35.5. The smallest absolute Gasteiger partial charge is 0.333 e. The number of halogens is 5. The van der Waals surface area contributed by atoms with E-state index in [0.29, 0.717) is 17.5 Å². The number of hydrogen-bond donors (Lipinski definition) is 1. The maximum atomic E-state index is 12.2. The van der Waals surface area contributed by atoms with Crippen LogP contribution < -0.4 is 5.73 Å².